The first-order chi connectivity index (χ1) is 12.7. The highest BCUT2D eigenvalue weighted by Crippen LogP contribution is 2.66. The third kappa shape index (κ3) is 2.89. The van der Waals surface area contributed by atoms with Crippen molar-refractivity contribution in [3.8, 4) is 0 Å². The molecule has 4 aliphatic rings. The Morgan fingerprint density at radius 3 is 2.63 bits per heavy atom. The summed E-state index contributed by atoms with van der Waals surface area (Å²) in [5, 5.41) is 10.7. The quantitative estimate of drug-likeness (QED) is 0.510. The van der Waals surface area contributed by atoms with Crippen molar-refractivity contribution in [2.75, 3.05) is 0 Å². The van der Waals surface area contributed by atoms with Gasteiger partial charge in [0.2, 0.25) is 0 Å². The van der Waals surface area contributed by atoms with Gasteiger partial charge in [-0.1, -0.05) is 39.0 Å². The number of aliphatic hydroxyl groups excluding tert-OH is 1. The van der Waals surface area contributed by atoms with Crippen LogP contribution >= 0.6 is 0 Å². The first-order valence-corrected chi connectivity index (χ1v) is 11.2. The Morgan fingerprint density at radius 2 is 1.96 bits per heavy atom. The van der Waals surface area contributed by atoms with Crippen molar-refractivity contribution < 1.29 is 9.90 Å². The number of aldehydes is 1. The van der Waals surface area contributed by atoms with Crippen LogP contribution in [0.2, 0.25) is 0 Å². The third-order valence-corrected chi connectivity index (χ3v) is 9.54. The van der Waals surface area contributed by atoms with Gasteiger partial charge in [-0.3, -0.25) is 4.79 Å². The standard InChI is InChI=1S/C25H38O2/c1-15(2)18-8-9-24(4)10-11-25(5)13-19-16(3)12-21(27)22(19)17(14-26)6-7-20(25)23(18)24/h6,14,16,18-23,27H,1,7-13H2,2-5H3. The molecule has 0 radical (unpaired) electrons. The molecule has 3 saturated carbocycles. The third-order valence-electron chi connectivity index (χ3n) is 9.54. The van der Waals surface area contributed by atoms with Gasteiger partial charge in [-0.25, -0.2) is 0 Å². The van der Waals surface area contributed by atoms with Gasteiger partial charge in [0.15, 0.2) is 0 Å². The summed E-state index contributed by atoms with van der Waals surface area (Å²) in [6.07, 6.45) is 11.2. The zero-order chi connectivity index (χ0) is 19.6. The average Bonchev–Trinajstić information content (AvgIpc) is 3.07. The fourth-order valence-electron chi connectivity index (χ4n) is 8.01. The maximum atomic E-state index is 11.9. The molecule has 0 bridgehead atoms. The van der Waals surface area contributed by atoms with Crippen LogP contribution in [0.5, 0.6) is 0 Å². The summed E-state index contributed by atoms with van der Waals surface area (Å²) in [7, 11) is 0. The Balaban J connectivity index is 1.77. The predicted molar refractivity (Wildman–Crippen MR) is 110 cm³/mol. The van der Waals surface area contributed by atoms with Gasteiger partial charge in [-0.15, -0.1) is 0 Å². The zero-order valence-electron chi connectivity index (χ0n) is 17.7. The fraction of sp³-hybridized carbons (Fsp3) is 0.800. The summed E-state index contributed by atoms with van der Waals surface area (Å²) in [4.78, 5) is 11.9. The molecule has 0 amide bonds. The largest absolute Gasteiger partial charge is 0.392 e. The molecule has 9 atom stereocenters. The van der Waals surface area contributed by atoms with E-state index in [0.717, 1.165) is 24.7 Å². The van der Waals surface area contributed by atoms with Gasteiger partial charge < -0.3 is 5.11 Å². The highest BCUT2D eigenvalue weighted by molar-refractivity contribution is 5.74. The van der Waals surface area contributed by atoms with Crippen molar-refractivity contribution in [3.63, 3.8) is 0 Å². The Labute approximate surface area is 165 Å². The van der Waals surface area contributed by atoms with E-state index in [9.17, 15) is 9.90 Å². The van der Waals surface area contributed by atoms with Crippen LogP contribution in [-0.4, -0.2) is 17.5 Å². The predicted octanol–water partition coefficient (Wildman–Crippen LogP) is 5.56. The molecule has 27 heavy (non-hydrogen) atoms. The van der Waals surface area contributed by atoms with E-state index in [4.69, 9.17) is 0 Å². The van der Waals surface area contributed by atoms with Crippen LogP contribution in [0.15, 0.2) is 23.8 Å². The maximum absolute atomic E-state index is 11.9. The highest BCUT2D eigenvalue weighted by Gasteiger charge is 2.58. The lowest BCUT2D eigenvalue weighted by Crippen LogP contribution is -2.48. The lowest BCUT2D eigenvalue weighted by atomic mass is 9.49. The normalized spacial score (nSPS) is 52.0. The molecule has 9 unspecified atom stereocenters. The van der Waals surface area contributed by atoms with Gasteiger partial charge in [0.05, 0.1) is 6.10 Å². The van der Waals surface area contributed by atoms with E-state index in [1.807, 2.05) is 0 Å². The number of carbonyl (C=O) groups is 1. The van der Waals surface area contributed by atoms with Gasteiger partial charge in [0.1, 0.15) is 6.29 Å². The molecule has 0 aromatic rings. The van der Waals surface area contributed by atoms with E-state index >= 15 is 0 Å². The summed E-state index contributed by atoms with van der Waals surface area (Å²) in [5.41, 5.74) is 2.99. The van der Waals surface area contributed by atoms with E-state index in [0.29, 0.717) is 40.4 Å². The monoisotopic (exact) mass is 370 g/mol. The second-order valence-corrected chi connectivity index (χ2v) is 11.2. The fourth-order valence-corrected chi connectivity index (χ4v) is 8.01. The molecule has 4 rings (SSSR count). The molecule has 4 aliphatic carbocycles. The van der Waals surface area contributed by atoms with Crippen LogP contribution in [-0.2, 0) is 4.79 Å². The van der Waals surface area contributed by atoms with Crippen molar-refractivity contribution >= 4 is 6.29 Å². The minimum Gasteiger partial charge on any atom is -0.392 e. The molecular formula is C25H38O2. The van der Waals surface area contributed by atoms with Gasteiger partial charge in [-0.05, 0) is 97.9 Å². The molecule has 0 aromatic heterocycles. The second kappa shape index (κ2) is 6.58. The molecule has 2 heteroatoms. The Kier molecular flexibility index (Phi) is 4.73. The van der Waals surface area contributed by atoms with E-state index in [1.165, 1.54) is 37.7 Å². The van der Waals surface area contributed by atoms with Crippen LogP contribution < -0.4 is 0 Å². The number of rotatable bonds is 2. The van der Waals surface area contributed by atoms with Crippen LogP contribution in [0.4, 0.5) is 0 Å². The van der Waals surface area contributed by atoms with Crippen LogP contribution in [0.25, 0.3) is 0 Å². The lowest BCUT2D eigenvalue weighted by Gasteiger charge is -2.56. The molecule has 150 valence electrons. The molecule has 0 spiro atoms. The number of hydrogen-bond acceptors (Lipinski definition) is 2. The molecule has 3 fully saturated rings. The smallest absolute Gasteiger partial charge is 0.146 e. The van der Waals surface area contributed by atoms with Gasteiger partial charge in [-0.2, -0.15) is 0 Å². The molecule has 1 N–H and O–H groups in total. The van der Waals surface area contributed by atoms with E-state index in [2.05, 4.69) is 40.3 Å². The van der Waals surface area contributed by atoms with E-state index in [-0.39, 0.29) is 12.0 Å². The molecule has 0 aromatic carbocycles. The number of carbonyl (C=O) groups excluding carboxylic acids is 1. The highest BCUT2D eigenvalue weighted by atomic mass is 16.3. The summed E-state index contributed by atoms with van der Waals surface area (Å²) < 4.78 is 0. The summed E-state index contributed by atoms with van der Waals surface area (Å²) in [6, 6.07) is 0. The summed E-state index contributed by atoms with van der Waals surface area (Å²) in [5.74, 6) is 2.95. The van der Waals surface area contributed by atoms with E-state index < -0.39 is 0 Å². The average molecular weight is 371 g/mol. The minimum absolute atomic E-state index is 0.0594. The first-order valence-electron chi connectivity index (χ1n) is 11.2. The molecule has 0 aliphatic heterocycles. The summed E-state index contributed by atoms with van der Waals surface area (Å²) in [6.45, 7) is 13.9. The number of fused-ring (bicyclic) bond motifs is 4. The topological polar surface area (TPSA) is 37.3 Å². The lowest BCUT2D eigenvalue weighted by molar-refractivity contribution is -0.106. The maximum Gasteiger partial charge on any atom is 0.146 e. The van der Waals surface area contributed by atoms with Crippen molar-refractivity contribution in [3.05, 3.63) is 23.8 Å². The number of aliphatic hydroxyl groups is 1. The van der Waals surface area contributed by atoms with Crippen molar-refractivity contribution in [1.82, 2.24) is 0 Å². The van der Waals surface area contributed by atoms with Crippen molar-refractivity contribution in [2.24, 2.45) is 46.3 Å². The number of allylic oxidation sites excluding steroid dienone is 2. The first kappa shape index (κ1) is 19.4. The van der Waals surface area contributed by atoms with Crippen molar-refractivity contribution in [1.29, 1.82) is 0 Å². The zero-order valence-corrected chi connectivity index (χ0v) is 17.7. The van der Waals surface area contributed by atoms with Crippen molar-refractivity contribution in [2.45, 2.75) is 78.7 Å². The Hall–Kier alpha value is -0.890. The number of hydrogen-bond donors (Lipinski definition) is 1. The SMILES string of the molecule is C=C(C)C1CCC2(C)CCC3(C)CC4C(C)CC(O)C4C(C=O)=CCC3C12. The molecule has 0 saturated heterocycles. The molecule has 0 heterocycles. The van der Waals surface area contributed by atoms with Gasteiger partial charge in [0, 0.05) is 5.92 Å². The molecule has 2 nitrogen and oxygen atoms in total. The minimum atomic E-state index is -0.342. The van der Waals surface area contributed by atoms with Crippen LogP contribution in [0.1, 0.15) is 72.6 Å². The Morgan fingerprint density at radius 1 is 1.26 bits per heavy atom. The summed E-state index contributed by atoms with van der Waals surface area (Å²) >= 11 is 0. The van der Waals surface area contributed by atoms with Gasteiger partial charge >= 0.3 is 0 Å². The van der Waals surface area contributed by atoms with Gasteiger partial charge in [0.25, 0.3) is 0 Å². The Bertz CT molecular complexity index is 663. The van der Waals surface area contributed by atoms with E-state index in [1.54, 1.807) is 0 Å². The second-order valence-electron chi connectivity index (χ2n) is 11.2. The van der Waals surface area contributed by atoms with Crippen LogP contribution in [0.3, 0.4) is 0 Å². The molecular weight excluding hydrogens is 332 g/mol. The van der Waals surface area contributed by atoms with Crippen LogP contribution in [0, 0.1) is 46.3 Å².